The zero-order valence-corrected chi connectivity index (χ0v) is 9.64. The number of ether oxygens (including phenoxy) is 2. The highest BCUT2D eigenvalue weighted by Crippen LogP contribution is 2.30. The number of phenols is 1. The number of carbonyl (C=O) groups is 1. The van der Waals surface area contributed by atoms with Crippen LogP contribution in [0.4, 0.5) is 0 Å². The molecule has 0 saturated carbocycles. The Hall–Kier alpha value is -2.01. The lowest BCUT2D eigenvalue weighted by molar-refractivity contribution is -0.133. The van der Waals surface area contributed by atoms with Crippen LogP contribution in [0.3, 0.4) is 0 Å². The van der Waals surface area contributed by atoms with Crippen LogP contribution < -0.4 is 4.74 Å². The Morgan fingerprint density at radius 3 is 2.65 bits per heavy atom. The van der Waals surface area contributed by atoms with Crippen molar-refractivity contribution in [3.05, 3.63) is 29.8 Å². The standard InChI is InChI=1S/C12H14O5/c1-16-11-4-3-8(14)7-10(11)9(5-6-13)12(15)17-2/h3-5,7,13-14H,6H2,1-2H3/b9-5+. The van der Waals surface area contributed by atoms with Gasteiger partial charge in [-0.15, -0.1) is 0 Å². The minimum absolute atomic E-state index is 0.00598. The molecule has 1 rings (SSSR count). The van der Waals surface area contributed by atoms with Crippen LogP contribution in [0.1, 0.15) is 5.56 Å². The third-order valence-electron chi connectivity index (χ3n) is 2.17. The molecule has 1 aromatic rings. The second-order valence-corrected chi connectivity index (χ2v) is 3.18. The van der Waals surface area contributed by atoms with E-state index in [0.29, 0.717) is 11.3 Å². The molecular formula is C12H14O5. The Morgan fingerprint density at radius 1 is 1.41 bits per heavy atom. The molecule has 0 spiro atoms. The molecule has 0 amide bonds. The maximum absolute atomic E-state index is 11.5. The van der Waals surface area contributed by atoms with Gasteiger partial charge in [0.05, 0.1) is 26.4 Å². The smallest absolute Gasteiger partial charge is 0.338 e. The van der Waals surface area contributed by atoms with Gasteiger partial charge in [-0.1, -0.05) is 0 Å². The van der Waals surface area contributed by atoms with Crippen LogP contribution in [-0.2, 0) is 9.53 Å². The Labute approximate surface area is 98.9 Å². The van der Waals surface area contributed by atoms with Crippen molar-refractivity contribution in [2.75, 3.05) is 20.8 Å². The molecule has 5 heteroatoms. The average molecular weight is 238 g/mol. The van der Waals surface area contributed by atoms with Gasteiger partial charge in [-0.25, -0.2) is 4.79 Å². The lowest BCUT2D eigenvalue weighted by Gasteiger charge is -2.11. The fourth-order valence-electron chi connectivity index (χ4n) is 1.41. The van der Waals surface area contributed by atoms with E-state index in [1.54, 1.807) is 0 Å². The van der Waals surface area contributed by atoms with E-state index in [1.807, 2.05) is 0 Å². The number of aromatic hydroxyl groups is 1. The van der Waals surface area contributed by atoms with Gasteiger partial charge in [0.1, 0.15) is 11.5 Å². The minimum Gasteiger partial charge on any atom is -0.508 e. The number of carbonyl (C=O) groups excluding carboxylic acids is 1. The molecular weight excluding hydrogens is 224 g/mol. The zero-order valence-electron chi connectivity index (χ0n) is 9.64. The first-order chi connectivity index (χ1) is 8.13. The Balaban J connectivity index is 3.31. The fraction of sp³-hybridized carbons (Fsp3) is 0.250. The van der Waals surface area contributed by atoms with Gasteiger partial charge in [-0.05, 0) is 24.3 Å². The van der Waals surface area contributed by atoms with E-state index >= 15 is 0 Å². The van der Waals surface area contributed by atoms with Crippen molar-refractivity contribution in [3.8, 4) is 11.5 Å². The highest BCUT2D eigenvalue weighted by molar-refractivity contribution is 6.17. The summed E-state index contributed by atoms with van der Waals surface area (Å²) in [5.41, 5.74) is 0.510. The number of phenolic OH excluding ortho intramolecular Hbond substituents is 1. The Kier molecular flexibility index (Phi) is 4.54. The van der Waals surface area contributed by atoms with Crippen LogP contribution in [0.15, 0.2) is 24.3 Å². The molecule has 2 N–H and O–H groups in total. The number of aliphatic hydroxyl groups excluding tert-OH is 1. The Bertz CT molecular complexity index is 437. The fourth-order valence-corrected chi connectivity index (χ4v) is 1.41. The van der Waals surface area contributed by atoms with E-state index in [1.165, 1.54) is 38.5 Å². The molecule has 92 valence electrons. The Morgan fingerprint density at radius 2 is 2.12 bits per heavy atom. The summed E-state index contributed by atoms with van der Waals surface area (Å²) >= 11 is 0. The van der Waals surface area contributed by atoms with Crippen molar-refractivity contribution in [2.45, 2.75) is 0 Å². The van der Waals surface area contributed by atoms with Crippen molar-refractivity contribution >= 4 is 11.5 Å². The van der Waals surface area contributed by atoms with E-state index in [0.717, 1.165) is 0 Å². The van der Waals surface area contributed by atoms with Crippen molar-refractivity contribution in [2.24, 2.45) is 0 Å². The summed E-state index contributed by atoms with van der Waals surface area (Å²) in [5.74, 6) is -0.204. The quantitative estimate of drug-likeness (QED) is 0.603. The summed E-state index contributed by atoms with van der Waals surface area (Å²) in [6.07, 6.45) is 1.29. The van der Waals surface area contributed by atoms with E-state index < -0.39 is 5.97 Å². The summed E-state index contributed by atoms with van der Waals surface area (Å²) < 4.78 is 9.68. The van der Waals surface area contributed by atoms with Gasteiger partial charge in [0.15, 0.2) is 0 Å². The van der Waals surface area contributed by atoms with Gasteiger partial charge in [-0.2, -0.15) is 0 Å². The van der Waals surface area contributed by atoms with E-state index in [-0.39, 0.29) is 17.9 Å². The maximum Gasteiger partial charge on any atom is 0.338 e. The van der Waals surface area contributed by atoms with Crippen molar-refractivity contribution in [1.29, 1.82) is 0 Å². The SMILES string of the molecule is COC(=O)/C(=C/CO)c1cc(O)ccc1OC. The van der Waals surface area contributed by atoms with Crippen LogP contribution in [0.5, 0.6) is 11.5 Å². The highest BCUT2D eigenvalue weighted by atomic mass is 16.5. The molecule has 0 aliphatic rings. The zero-order chi connectivity index (χ0) is 12.8. The molecule has 17 heavy (non-hydrogen) atoms. The van der Waals surface area contributed by atoms with Gasteiger partial charge in [-0.3, -0.25) is 0 Å². The normalized spacial score (nSPS) is 11.1. The number of aliphatic hydroxyl groups is 1. The summed E-state index contributed by atoms with van der Waals surface area (Å²) in [7, 11) is 2.69. The predicted octanol–water partition coefficient (Wildman–Crippen LogP) is 0.949. The number of rotatable bonds is 4. The molecule has 0 saturated heterocycles. The molecule has 5 nitrogen and oxygen atoms in total. The van der Waals surface area contributed by atoms with Gasteiger partial charge in [0.2, 0.25) is 0 Å². The lowest BCUT2D eigenvalue weighted by atomic mass is 10.0. The largest absolute Gasteiger partial charge is 0.508 e. The molecule has 0 unspecified atom stereocenters. The maximum atomic E-state index is 11.5. The summed E-state index contributed by atoms with van der Waals surface area (Å²) in [4.78, 5) is 11.5. The number of hydrogen-bond acceptors (Lipinski definition) is 5. The topological polar surface area (TPSA) is 76.0 Å². The molecule has 0 fully saturated rings. The molecule has 0 aromatic heterocycles. The monoisotopic (exact) mass is 238 g/mol. The van der Waals surface area contributed by atoms with Gasteiger partial charge < -0.3 is 19.7 Å². The first-order valence-electron chi connectivity index (χ1n) is 4.90. The molecule has 0 bridgehead atoms. The van der Waals surface area contributed by atoms with Gasteiger partial charge in [0.25, 0.3) is 0 Å². The molecule has 0 aliphatic heterocycles. The van der Waals surface area contributed by atoms with E-state index in [9.17, 15) is 9.90 Å². The third kappa shape index (κ3) is 2.98. The van der Waals surface area contributed by atoms with E-state index in [2.05, 4.69) is 4.74 Å². The van der Waals surface area contributed by atoms with Crippen molar-refractivity contribution in [3.63, 3.8) is 0 Å². The summed E-state index contributed by atoms with van der Waals surface area (Å²) in [6, 6.07) is 4.34. The van der Waals surface area contributed by atoms with Crippen molar-refractivity contribution < 1.29 is 24.5 Å². The minimum atomic E-state index is -0.608. The van der Waals surface area contributed by atoms with Gasteiger partial charge in [0, 0.05) is 5.56 Å². The van der Waals surface area contributed by atoms with E-state index in [4.69, 9.17) is 9.84 Å². The van der Waals surface area contributed by atoms with Crippen LogP contribution in [-0.4, -0.2) is 37.0 Å². The van der Waals surface area contributed by atoms with Crippen LogP contribution in [0.2, 0.25) is 0 Å². The second kappa shape index (κ2) is 5.91. The molecule has 0 aliphatic carbocycles. The van der Waals surface area contributed by atoms with Crippen LogP contribution in [0.25, 0.3) is 5.57 Å². The first-order valence-corrected chi connectivity index (χ1v) is 4.90. The van der Waals surface area contributed by atoms with Gasteiger partial charge >= 0.3 is 5.97 Å². The van der Waals surface area contributed by atoms with Crippen LogP contribution in [0, 0.1) is 0 Å². The number of esters is 1. The number of hydrogen-bond donors (Lipinski definition) is 2. The second-order valence-electron chi connectivity index (χ2n) is 3.18. The number of benzene rings is 1. The molecule has 0 radical (unpaired) electrons. The van der Waals surface area contributed by atoms with Crippen LogP contribution >= 0.6 is 0 Å². The summed E-state index contributed by atoms with van der Waals surface area (Å²) in [5, 5.41) is 18.3. The molecule has 0 heterocycles. The molecule has 1 aromatic carbocycles. The number of methoxy groups -OCH3 is 2. The third-order valence-corrected chi connectivity index (χ3v) is 2.17. The predicted molar refractivity (Wildman–Crippen MR) is 61.7 cm³/mol. The summed E-state index contributed by atoms with van der Waals surface area (Å²) in [6.45, 7) is -0.316. The lowest BCUT2D eigenvalue weighted by Crippen LogP contribution is -2.06. The average Bonchev–Trinajstić information content (AvgIpc) is 2.35. The van der Waals surface area contributed by atoms with Crippen molar-refractivity contribution in [1.82, 2.24) is 0 Å². The first kappa shape index (κ1) is 13.1. The molecule has 0 atom stereocenters. The highest BCUT2D eigenvalue weighted by Gasteiger charge is 2.17.